The summed E-state index contributed by atoms with van der Waals surface area (Å²) >= 11 is 12.1. The van der Waals surface area contributed by atoms with Crippen LogP contribution < -0.4 is 15.0 Å². The molecule has 1 saturated heterocycles. The van der Waals surface area contributed by atoms with Gasteiger partial charge < -0.3 is 15.0 Å². The fourth-order valence-corrected chi connectivity index (χ4v) is 2.69. The number of nitrogens with zero attached hydrogens (tertiary/aromatic N) is 2. The van der Waals surface area contributed by atoms with E-state index >= 15 is 0 Å². The van der Waals surface area contributed by atoms with Gasteiger partial charge in [0.25, 0.3) is 0 Å². The Kier molecular flexibility index (Phi) is 3.03. The number of fused-ring (bicyclic) bond motifs is 3. The number of ether oxygens (including phenoxy) is 1. The number of hydrogen-bond donors (Lipinski definition) is 1. The quantitative estimate of drug-likeness (QED) is 0.784. The van der Waals surface area contributed by atoms with E-state index in [4.69, 9.17) is 27.9 Å². The molecular weight excluding hydrogens is 261 g/mol. The summed E-state index contributed by atoms with van der Waals surface area (Å²) in [5.74, 6) is 1.45. The molecular formula is C11H13Cl2N3O. The van der Waals surface area contributed by atoms with Gasteiger partial charge in [-0.1, -0.05) is 23.2 Å². The number of nitrogens with one attached hydrogen (secondary N) is 1. The highest BCUT2D eigenvalue weighted by atomic mass is 35.5. The minimum Gasteiger partial charge on any atom is -0.488 e. The highest BCUT2D eigenvalue weighted by Gasteiger charge is 2.30. The van der Waals surface area contributed by atoms with Gasteiger partial charge in [0.2, 0.25) is 0 Å². The Bertz CT molecular complexity index is 441. The maximum absolute atomic E-state index is 6.18. The molecule has 6 heteroatoms. The van der Waals surface area contributed by atoms with E-state index in [0.29, 0.717) is 28.4 Å². The summed E-state index contributed by atoms with van der Waals surface area (Å²) in [6.07, 6.45) is 2.56. The van der Waals surface area contributed by atoms with Gasteiger partial charge in [0, 0.05) is 38.3 Å². The predicted molar refractivity (Wildman–Crippen MR) is 68.4 cm³/mol. The summed E-state index contributed by atoms with van der Waals surface area (Å²) in [6.45, 7) is 3.49. The highest BCUT2D eigenvalue weighted by molar-refractivity contribution is 6.43. The predicted octanol–water partition coefficient (Wildman–Crippen LogP) is 1.95. The number of aromatic nitrogens is 1. The SMILES string of the molecule is Clc1cnc2c(c1Cl)OCC[C@H]1CNCCN21. The van der Waals surface area contributed by atoms with Crippen molar-refractivity contribution >= 4 is 29.0 Å². The number of hydrogen-bond acceptors (Lipinski definition) is 4. The summed E-state index contributed by atoms with van der Waals surface area (Å²) in [7, 11) is 0. The van der Waals surface area contributed by atoms with Crippen LogP contribution in [-0.4, -0.2) is 37.3 Å². The van der Waals surface area contributed by atoms with Gasteiger partial charge in [0.05, 0.1) is 11.6 Å². The minimum atomic E-state index is 0.426. The minimum absolute atomic E-state index is 0.426. The molecule has 0 amide bonds. The van der Waals surface area contributed by atoms with Gasteiger partial charge in [-0.25, -0.2) is 4.98 Å². The average Bonchev–Trinajstić information content (AvgIpc) is 2.54. The topological polar surface area (TPSA) is 37.4 Å². The maximum Gasteiger partial charge on any atom is 0.181 e. The van der Waals surface area contributed by atoms with Crippen LogP contribution in [0.15, 0.2) is 6.20 Å². The van der Waals surface area contributed by atoms with Crippen molar-refractivity contribution in [3.05, 3.63) is 16.2 Å². The molecule has 1 fully saturated rings. The zero-order valence-corrected chi connectivity index (χ0v) is 10.8. The summed E-state index contributed by atoms with van der Waals surface area (Å²) in [5.41, 5.74) is 0. The van der Waals surface area contributed by atoms with Crippen LogP contribution in [0.25, 0.3) is 0 Å². The maximum atomic E-state index is 6.18. The van der Waals surface area contributed by atoms with Gasteiger partial charge in [-0.15, -0.1) is 0 Å². The molecule has 2 aliphatic rings. The molecule has 0 radical (unpaired) electrons. The lowest BCUT2D eigenvalue weighted by Gasteiger charge is -2.35. The van der Waals surface area contributed by atoms with Crippen molar-refractivity contribution in [2.24, 2.45) is 0 Å². The second-order valence-corrected chi connectivity index (χ2v) is 5.05. The highest BCUT2D eigenvalue weighted by Crippen LogP contribution is 2.41. The van der Waals surface area contributed by atoms with Gasteiger partial charge in [-0.05, 0) is 0 Å². The first-order chi connectivity index (χ1) is 8.27. The van der Waals surface area contributed by atoms with E-state index in [0.717, 1.165) is 31.9 Å². The molecule has 0 aromatic carbocycles. The molecule has 2 aliphatic heterocycles. The Morgan fingerprint density at radius 2 is 2.35 bits per heavy atom. The first-order valence-corrected chi connectivity index (χ1v) is 6.47. The third-order valence-electron chi connectivity index (χ3n) is 3.23. The van der Waals surface area contributed by atoms with Gasteiger partial charge in [-0.3, -0.25) is 0 Å². The van der Waals surface area contributed by atoms with E-state index in [1.54, 1.807) is 6.20 Å². The van der Waals surface area contributed by atoms with Gasteiger partial charge in [0.15, 0.2) is 11.6 Å². The Morgan fingerprint density at radius 3 is 3.24 bits per heavy atom. The van der Waals surface area contributed by atoms with Crippen LogP contribution in [0.5, 0.6) is 5.75 Å². The summed E-state index contributed by atoms with van der Waals surface area (Å²) in [5, 5.41) is 4.30. The van der Waals surface area contributed by atoms with E-state index in [2.05, 4.69) is 15.2 Å². The van der Waals surface area contributed by atoms with Gasteiger partial charge >= 0.3 is 0 Å². The second-order valence-electron chi connectivity index (χ2n) is 4.26. The zero-order valence-electron chi connectivity index (χ0n) is 9.25. The van der Waals surface area contributed by atoms with Crippen molar-refractivity contribution in [3.8, 4) is 5.75 Å². The molecule has 1 aromatic rings. The van der Waals surface area contributed by atoms with E-state index in [9.17, 15) is 0 Å². The van der Waals surface area contributed by atoms with E-state index < -0.39 is 0 Å². The molecule has 0 saturated carbocycles. The van der Waals surface area contributed by atoms with Gasteiger partial charge in [-0.2, -0.15) is 0 Å². The van der Waals surface area contributed by atoms with Crippen LogP contribution in [0, 0.1) is 0 Å². The summed E-state index contributed by atoms with van der Waals surface area (Å²) in [6, 6.07) is 0.426. The molecule has 3 rings (SSSR count). The number of anilines is 1. The van der Waals surface area contributed by atoms with Crippen molar-refractivity contribution in [2.75, 3.05) is 31.1 Å². The molecule has 17 heavy (non-hydrogen) atoms. The van der Waals surface area contributed by atoms with Gasteiger partial charge in [0.1, 0.15) is 5.02 Å². The van der Waals surface area contributed by atoms with Crippen LogP contribution in [0.4, 0.5) is 5.82 Å². The molecule has 0 bridgehead atoms. The van der Waals surface area contributed by atoms with E-state index in [-0.39, 0.29) is 0 Å². The normalized spacial score (nSPS) is 23.4. The summed E-state index contributed by atoms with van der Waals surface area (Å²) in [4.78, 5) is 6.65. The first kappa shape index (κ1) is 11.4. The Hall–Kier alpha value is -0.710. The number of halogens is 2. The Labute approximate surface area is 110 Å². The smallest absolute Gasteiger partial charge is 0.181 e. The lowest BCUT2D eigenvalue weighted by atomic mass is 10.1. The third-order valence-corrected chi connectivity index (χ3v) is 3.99. The molecule has 0 aliphatic carbocycles. The lowest BCUT2D eigenvalue weighted by molar-refractivity contribution is 0.304. The molecule has 0 spiro atoms. The van der Waals surface area contributed by atoms with Crippen LogP contribution in [0.2, 0.25) is 10.0 Å². The number of piperazine rings is 1. The molecule has 4 nitrogen and oxygen atoms in total. The molecule has 1 aromatic heterocycles. The summed E-state index contributed by atoms with van der Waals surface area (Å²) < 4.78 is 5.70. The Morgan fingerprint density at radius 1 is 1.47 bits per heavy atom. The van der Waals surface area contributed by atoms with Crippen molar-refractivity contribution in [1.29, 1.82) is 0 Å². The number of rotatable bonds is 0. The van der Waals surface area contributed by atoms with E-state index in [1.807, 2.05) is 0 Å². The first-order valence-electron chi connectivity index (χ1n) is 5.71. The molecule has 0 unspecified atom stereocenters. The zero-order chi connectivity index (χ0) is 11.8. The largest absolute Gasteiger partial charge is 0.488 e. The monoisotopic (exact) mass is 273 g/mol. The fraction of sp³-hybridized carbons (Fsp3) is 0.545. The lowest BCUT2D eigenvalue weighted by Crippen LogP contribution is -2.51. The van der Waals surface area contributed by atoms with Crippen LogP contribution in [-0.2, 0) is 0 Å². The number of pyridine rings is 1. The van der Waals surface area contributed by atoms with Crippen molar-refractivity contribution in [2.45, 2.75) is 12.5 Å². The average molecular weight is 274 g/mol. The molecule has 92 valence electrons. The van der Waals surface area contributed by atoms with Crippen molar-refractivity contribution in [1.82, 2.24) is 10.3 Å². The molecule has 1 atom stereocenters. The second kappa shape index (κ2) is 4.52. The fourth-order valence-electron chi connectivity index (χ4n) is 2.37. The van der Waals surface area contributed by atoms with E-state index in [1.165, 1.54) is 0 Å². The Balaban J connectivity index is 2.06. The van der Waals surface area contributed by atoms with Crippen LogP contribution in [0.3, 0.4) is 0 Å². The van der Waals surface area contributed by atoms with Crippen molar-refractivity contribution in [3.63, 3.8) is 0 Å². The molecule has 1 N–H and O–H groups in total. The third kappa shape index (κ3) is 1.94. The van der Waals surface area contributed by atoms with Crippen LogP contribution in [0.1, 0.15) is 6.42 Å². The van der Waals surface area contributed by atoms with Crippen LogP contribution >= 0.6 is 23.2 Å². The van der Waals surface area contributed by atoms with Crippen molar-refractivity contribution < 1.29 is 4.74 Å². The molecule has 3 heterocycles. The standard InChI is InChI=1S/C11H13Cl2N3O/c12-8-6-15-11-10(9(8)13)17-4-1-7-5-14-2-3-16(7)11/h6-7,14H,1-5H2/t7-/m0/s1.